The molecule has 0 N–H and O–H groups in total. The fourth-order valence-corrected chi connectivity index (χ4v) is 4.24. The number of nitrogens with zero attached hydrogens (tertiary/aromatic N) is 6. The van der Waals surface area contributed by atoms with Crippen molar-refractivity contribution in [2.75, 3.05) is 37.6 Å². The quantitative estimate of drug-likeness (QED) is 0.513. The predicted molar refractivity (Wildman–Crippen MR) is 118 cm³/mol. The molecule has 2 aromatic carbocycles. The van der Waals surface area contributed by atoms with Crippen LogP contribution in [0.4, 0.5) is 5.82 Å². The fourth-order valence-electron chi connectivity index (χ4n) is 4.07. The molecule has 0 atom stereocenters. The second kappa shape index (κ2) is 7.28. The van der Waals surface area contributed by atoms with Crippen LogP contribution in [0.1, 0.15) is 12.5 Å². The summed E-state index contributed by atoms with van der Waals surface area (Å²) in [6.45, 7) is 9.33. The van der Waals surface area contributed by atoms with Gasteiger partial charge in [-0.05, 0) is 37.7 Å². The van der Waals surface area contributed by atoms with Crippen LogP contribution in [0.15, 0.2) is 42.5 Å². The van der Waals surface area contributed by atoms with Crippen molar-refractivity contribution in [2.45, 2.75) is 13.8 Å². The Balaban J connectivity index is 1.72. The zero-order chi connectivity index (χ0) is 20.0. The van der Waals surface area contributed by atoms with Crippen LogP contribution >= 0.6 is 11.6 Å². The summed E-state index contributed by atoms with van der Waals surface area (Å²) in [6.07, 6.45) is 0. The number of piperazine rings is 1. The van der Waals surface area contributed by atoms with Crippen molar-refractivity contribution in [1.29, 1.82) is 0 Å². The summed E-state index contributed by atoms with van der Waals surface area (Å²) in [5, 5.41) is 10.6. The van der Waals surface area contributed by atoms with Gasteiger partial charge < -0.3 is 9.80 Å². The van der Waals surface area contributed by atoms with Crippen molar-refractivity contribution in [2.24, 2.45) is 0 Å². The molecule has 2 aromatic heterocycles. The molecule has 1 aliphatic rings. The molecular weight excluding hydrogens is 384 g/mol. The number of likely N-dealkylation sites (N-methyl/N-ethyl adjacent to an activating group) is 1. The van der Waals surface area contributed by atoms with Gasteiger partial charge in [-0.3, -0.25) is 0 Å². The second-order valence-electron chi connectivity index (χ2n) is 7.56. The van der Waals surface area contributed by atoms with Crippen LogP contribution in [0.3, 0.4) is 0 Å². The molecule has 148 valence electrons. The smallest absolute Gasteiger partial charge is 0.186 e. The van der Waals surface area contributed by atoms with Crippen LogP contribution in [-0.4, -0.2) is 57.4 Å². The maximum Gasteiger partial charge on any atom is 0.186 e. The Labute approximate surface area is 174 Å². The van der Waals surface area contributed by atoms with Gasteiger partial charge in [0.25, 0.3) is 0 Å². The largest absolute Gasteiger partial charge is 0.353 e. The Hall–Kier alpha value is -2.70. The zero-order valence-electron chi connectivity index (χ0n) is 16.6. The maximum absolute atomic E-state index is 6.35. The van der Waals surface area contributed by atoms with E-state index >= 15 is 0 Å². The summed E-state index contributed by atoms with van der Waals surface area (Å²) in [7, 11) is 0. The van der Waals surface area contributed by atoms with E-state index < -0.39 is 0 Å². The number of hydrogen-bond acceptors (Lipinski definition) is 5. The van der Waals surface area contributed by atoms with Crippen LogP contribution in [0.5, 0.6) is 0 Å². The van der Waals surface area contributed by atoms with Gasteiger partial charge in [0.15, 0.2) is 5.65 Å². The first kappa shape index (κ1) is 18.3. The lowest BCUT2D eigenvalue weighted by atomic mass is 10.1. The van der Waals surface area contributed by atoms with E-state index in [1.165, 1.54) is 5.56 Å². The second-order valence-corrected chi connectivity index (χ2v) is 8.00. The molecule has 5 rings (SSSR count). The van der Waals surface area contributed by atoms with Crippen LogP contribution in [0, 0.1) is 6.92 Å². The number of anilines is 1. The lowest BCUT2D eigenvalue weighted by molar-refractivity contribution is 0.271. The Morgan fingerprint density at radius 1 is 1.03 bits per heavy atom. The minimum atomic E-state index is 0.700. The SMILES string of the molecule is CCN1CCN(c2nc3c(-c4cccc(C)c4)nnn3c3ccc(Cl)cc23)CC1. The van der Waals surface area contributed by atoms with Crippen molar-refractivity contribution in [1.82, 2.24) is 24.7 Å². The van der Waals surface area contributed by atoms with Gasteiger partial charge in [0, 0.05) is 42.2 Å². The Kier molecular flexibility index (Phi) is 4.60. The van der Waals surface area contributed by atoms with Gasteiger partial charge in [-0.15, -0.1) is 5.10 Å². The molecular formula is C22H23ClN6. The number of aryl methyl sites for hydroxylation is 1. The summed E-state index contributed by atoms with van der Waals surface area (Å²) in [5.41, 5.74) is 4.77. The molecule has 3 heterocycles. The van der Waals surface area contributed by atoms with Gasteiger partial charge in [0.2, 0.25) is 0 Å². The summed E-state index contributed by atoms with van der Waals surface area (Å²) in [6, 6.07) is 14.2. The molecule has 0 amide bonds. The molecule has 0 aliphatic carbocycles. The molecule has 0 radical (unpaired) electrons. The van der Waals surface area contributed by atoms with Gasteiger partial charge in [0.1, 0.15) is 11.5 Å². The maximum atomic E-state index is 6.35. The summed E-state index contributed by atoms with van der Waals surface area (Å²) >= 11 is 6.35. The standard InChI is InChI=1S/C22H23ClN6/c1-3-27-9-11-28(12-10-27)21-18-14-17(23)7-8-19(18)29-22(24-21)20(25-26-29)16-6-4-5-15(2)13-16/h4-8,13-14H,3,9-12H2,1-2H3. The molecule has 1 aliphatic heterocycles. The van der Waals surface area contributed by atoms with Gasteiger partial charge >= 0.3 is 0 Å². The van der Waals surface area contributed by atoms with Crippen LogP contribution < -0.4 is 4.90 Å². The highest BCUT2D eigenvalue weighted by molar-refractivity contribution is 6.31. The van der Waals surface area contributed by atoms with E-state index in [9.17, 15) is 0 Å². The van der Waals surface area contributed by atoms with Gasteiger partial charge in [0.05, 0.1) is 5.52 Å². The third-order valence-corrected chi connectivity index (χ3v) is 5.93. The van der Waals surface area contributed by atoms with Crippen LogP contribution in [0.2, 0.25) is 5.02 Å². The first-order valence-electron chi connectivity index (χ1n) is 10.0. The molecule has 0 spiro atoms. The number of aromatic nitrogens is 4. The number of halogens is 1. The molecule has 1 saturated heterocycles. The zero-order valence-corrected chi connectivity index (χ0v) is 17.4. The van der Waals surface area contributed by atoms with Crippen molar-refractivity contribution in [3.05, 3.63) is 53.1 Å². The van der Waals surface area contributed by atoms with E-state index in [0.717, 1.165) is 66.3 Å². The first-order valence-corrected chi connectivity index (χ1v) is 10.4. The normalized spacial score (nSPS) is 15.5. The highest BCUT2D eigenvalue weighted by Gasteiger charge is 2.22. The number of rotatable bonds is 3. The number of fused-ring (bicyclic) bond motifs is 3. The Bertz CT molecular complexity index is 1190. The molecule has 0 unspecified atom stereocenters. The molecule has 4 aromatic rings. The molecule has 29 heavy (non-hydrogen) atoms. The monoisotopic (exact) mass is 406 g/mol. The third-order valence-electron chi connectivity index (χ3n) is 5.70. The van der Waals surface area contributed by atoms with E-state index in [1.807, 2.05) is 28.8 Å². The van der Waals surface area contributed by atoms with E-state index in [0.29, 0.717) is 5.02 Å². The lowest BCUT2D eigenvalue weighted by Crippen LogP contribution is -2.46. The predicted octanol–water partition coefficient (Wildman–Crippen LogP) is 4.05. The van der Waals surface area contributed by atoms with Crippen molar-refractivity contribution < 1.29 is 0 Å². The molecule has 7 heteroatoms. The van der Waals surface area contributed by atoms with E-state index in [-0.39, 0.29) is 0 Å². The van der Waals surface area contributed by atoms with E-state index in [4.69, 9.17) is 16.6 Å². The summed E-state index contributed by atoms with van der Waals surface area (Å²) in [5.74, 6) is 0.960. The molecule has 0 bridgehead atoms. The van der Waals surface area contributed by atoms with Gasteiger partial charge in [-0.1, -0.05) is 47.5 Å². The van der Waals surface area contributed by atoms with E-state index in [1.54, 1.807) is 0 Å². The number of benzene rings is 2. The lowest BCUT2D eigenvalue weighted by Gasteiger charge is -2.35. The first-order chi connectivity index (χ1) is 14.1. The minimum Gasteiger partial charge on any atom is -0.353 e. The van der Waals surface area contributed by atoms with Gasteiger partial charge in [-0.2, -0.15) is 4.52 Å². The Morgan fingerprint density at radius 2 is 1.86 bits per heavy atom. The van der Waals surface area contributed by atoms with Crippen molar-refractivity contribution in [3.63, 3.8) is 0 Å². The highest BCUT2D eigenvalue weighted by atomic mass is 35.5. The van der Waals surface area contributed by atoms with Crippen LogP contribution in [-0.2, 0) is 0 Å². The third kappa shape index (κ3) is 3.22. The van der Waals surface area contributed by atoms with Crippen LogP contribution in [0.25, 0.3) is 27.8 Å². The highest BCUT2D eigenvalue weighted by Crippen LogP contribution is 2.32. The molecule has 0 saturated carbocycles. The Morgan fingerprint density at radius 3 is 2.62 bits per heavy atom. The average molecular weight is 407 g/mol. The molecule has 6 nitrogen and oxygen atoms in total. The van der Waals surface area contributed by atoms with E-state index in [2.05, 4.69) is 52.2 Å². The topological polar surface area (TPSA) is 49.6 Å². The minimum absolute atomic E-state index is 0.700. The summed E-state index contributed by atoms with van der Waals surface area (Å²) < 4.78 is 1.83. The number of hydrogen-bond donors (Lipinski definition) is 0. The molecule has 1 fully saturated rings. The van der Waals surface area contributed by atoms with Gasteiger partial charge in [-0.25, -0.2) is 4.98 Å². The van der Waals surface area contributed by atoms with Crippen molar-refractivity contribution >= 4 is 34.0 Å². The fraction of sp³-hybridized carbons (Fsp3) is 0.318. The van der Waals surface area contributed by atoms with Crippen molar-refractivity contribution in [3.8, 4) is 11.3 Å². The summed E-state index contributed by atoms with van der Waals surface area (Å²) in [4.78, 5) is 9.89. The average Bonchev–Trinajstić information content (AvgIpc) is 3.17.